The van der Waals surface area contributed by atoms with Crippen LogP contribution in [0.15, 0.2) is 37.2 Å². The van der Waals surface area contributed by atoms with Crippen LogP contribution in [-0.4, -0.2) is 35.4 Å². The van der Waals surface area contributed by atoms with Gasteiger partial charge in [0.2, 0.25) is 0 Å². The van der Waals surface area contributed by atoms with Gasteiger partial charge in [0.25, 0.3) is 5.91 Å². The molecular weight excluding hydrogens is 412 g/mol. The minimum absolute atomic E-state index is 0.101. The molecule has 0 aliphatic rings. The quantitative estimate of drug-likeness (QED) is 0.490. The fourth-order valence-corrected chi connectivity index (χ4v) is 3.78. The maximum absolute atomic E-state index is 12.7. The van der Waals surface area contributed by atoms with E-state index in [2.05, 4.69) is 56.3 Å². The normalized spacial score (nSPS) is 12.7. The number of pyridine rings is 1. The zero-order chi connectivity index (χ0) is 22.2. The summed E-state index contributed by atoms with van der Waals surface area (Å²) in [5.41, 5.74) is 2.62. The van der Waals surface area contributed by atoms with Crippen LogP contribution in [0.4, 0.5) is 10.8 Å². The minimum Gasteiger partial charge on any atom is -0.343 e. The molecule has 0 saturated carbocycles. The van der Waals surface area contributed by atoms with E-state index in [-0.39, 0.29) is 17.4 Å². The van der Waals surface area contributed by atoms with Gasteiger partial charge < -0.3 is 15.2 Å². The molecule has 10 heteroatoms. The highest BCUT2D eigenvalue weighted by molar-refractivity contribution is 7.15. The van der Waals surface area contributed by atoms with Crippen LogP contribution in [0.5, 0.6) is 0 Å². The highest BCUT2D eigenvalue weighted by atomic mass is 32.1. The monoisotopic (exact) mass is 436 g/mol. The van der Waals surface area contributed by atoms with Gasteiger partial charge in [-0.25, -0.2) is 24.9 Å². The Balaban J connectivity index is 1.42. The van der Waals surface area contributed by atoms with Crippen molar-refractivity contribution in [3.63, 3.8) is 0 Å². The van der Waals surface area contributed by atoms with Gasteiger partial charge in [0.15, 0.2) is 5.13 Å². The fourth-order valence-electron chi connectivity index (χ4n) is 2.94. The first kappa shape index (κ1) is 20.9. The third-order valence-electron chi connectivity index (χ3n) is 4.72. The van der Waals surface area contributed by atoms with Crippen LogP contribution in [0.1, 0.15) is 54.9 Å². The van der Waals surface area contributed by atoms with Gasteiger partial charge in [-0.2, -0.15) is 0 Å². The summed E-state index contributed by atoms with van der Waals surface area (Å²) in [6.07, 6.45) is 8.56. The van der Waals surface area contributed by atoms with E-state index in [0.29, 0.717) is 10.8 Å². The first-order valence-corrected chi connectivity index (χ1v) is 10.7. The minimum atomic E-state index is -0.246. The van der Waals surface area contributed by atoms with E-state index in [4.69, 9.17) is 0 Å². The van der Waals surface area contributed by atoms with E-state index >= 15 is 0 Å². The van der Waals surface area contributed by atoms with E-state index in [1.807, 2.05) is 18.5 Å². The molecule has 4 rings (SSSR count). The highest BCUT2D eigenvalue weighted by Gasteiger charge is 2.18. The van der Waals surface area contributed by atoms with Crippen LogP contribution in [0.2, 0.25) is 0 Å². The molecule has 9 nitrogen and oxygen atoms in total. The molecule has 4 aromatic heterocycles. The molecule has 4 aromatic rings. The van der Waals surface area contributed by atoms with E-state index in [1.165, 1.54) is 11.3 Å². The number of amides is 1. The number of nitrogens with zero attached hydrogens (tertiary/aromatic N) is 6. The van der Waals surface area contributed by atoms with E-state index in [1.54, 1.807) is 37.2 Å². The topological polar surface area (TPSA) is 111 Å². The Hall–Kier alpha value is -3.40. The summed E-state index contributed by atoms with van der Waals surface area (Å²) in [5, 5.41) is 6.90. The lowest BCUT2D eigenvalue weighted by atomic mass is 9.96. The van der Waals surface area contributed by atoms with Crippen LogP contribution < -0.4 is 10.6 Å². The maximum Gasteiger partial charge on any atom is 0.270 e. The van der Waals surface area contributed by atoms with Crippen LogP contribution in [-0.2, 0) is 12.5 Å². The number of imidazole rings is 1. The number of hydrogen-bond donors (Lipinski definition) is 2. The summed E-state index contributed by atoms with van der Waals surface area (Å²) in [5.74, 6) is 0.539. The lowest BCUT2D eigenvalue weighted by molar-refractivity contribution is 0.0935. The summed E-state index contributed by atoms with van der Waals surface area (Å²) in [7, 11) is 1.88. The van der Waals surface area contributed by atoms with Crippen LogP contribution in [0, 0.1) is 0 Å². The number of carbonyl (C=O) groups is 1. The first-order chi connectivity index (χ1) is 14.7. The SMILES string of the molecule is C[C@@H](NC(=O)c1cc2c(cn1)ncn2C)c1cnc(Nc2cnc(C(C)(C)C)nc2)s1. The number of hydrogen-bond acceptors (Lipinski definition) is 8. The Morgan fingerprint density at radius 1 is 1.06 bits per heavy atom. The summed E-state index contributed by atoms with van der Waals surface area (Å²) in [4.78, 5) is 35.3. The van der Waals surface area contributed by atoms with Gasteiger partial charge in [0, 0.05) is 23.5 Å². The van der Waals surface area contributed by atoms with Gasteiger partial charge in [-0.3, -0.25) is 4.79 Å². The summed E-state index contributed by atoms with van der Waals surface area (Å²) >= 11 is 1.46. The standard InChI is InChI=1S/C21H24N8OS/c1-12(27-18(30)14-6-16-15(9-22-14)26-11-29(16)5)17-10-25-20(31-17)28-13-7-23-19(24-8-13)21(2,3)4/h6-12H,1-5H3,(H,25,28)(H,27,30)/t12-/m1/s1. The molecule has 2 N–H and O–H groups in total. The van der Waals surface area contributed by atoms with E-state index in [0.717, 1.165) is 27.4 Å². The largest absolute Gasteiger partial charge is 0.343 e. The Labute approximate surface area is 184 Å². The molecule has 0 aliphatic carbocycles. The molecule has 0 aromatic carbocycles. The molecule has 0 aliphatic heterocycles. The van der Waals surface area contributed by atoms with Crippen molar-refractivity contribution in [3.8, 4) is 0 Å². The zero-order valence-corrected chi connectivity index (χ0v) is 18.9. The van der Waals surface area contributed by atoms with Gasteiger partial charge >= 0.3 is 0 Å². The third-order valence-corrected chi connectivity index (χ3v) is 5.81. The van der Waals surface area contributed by atoms with Gasteiger partial charge in [0.1, 0.15) is 17.0 Å². The van der Waals surface area contributed by atoms with Crippen molar-refractivity contribution in [2.75, 3.05) is 5.32 Å². The second-order valence-corrected chi connectivity index (χ2v) is 9.41. The lowest BCUT2D eigenvalue weighted by Crippen LogP contribution is -2.26. The van der Waals surface area contributed by atoms with Crippen molar-refractivity contribution in [2.24, 2.45) is 7.05 Å². The van der Waals surface area contributed by atoms with Crippen molar-refractivity contribution >= 4 is 39.1 Å². The second kappa shape index (κ2) is 8.03. The molecule has 0 bridgehead atoms. The number of fused-ring (bicyclic) bond motifs is 1. The highest BCUT2D eigenvalue weighted by Crippen LogP contribution is 2.27. The van der Waals surface area contributed by atoms with Crippen LogP contribution in [0.3, 0.4) is 0 Å². The summed E-state index contributed by atoms with van der Waals surface area (Å²) in [6.45, 7) is 8.13. The summed E-state index contributed by atoms with van der Waals surface area (Å²) in [6, 6.07) is 1.52. The van der Waals surface area contributed by atoms with Crippen molar-refractivity contribution in [1.82, 2.24) is 34.8 Å². The number of thiazole rings is 1. The van der Waals surface area contributed by atoms with Gasteiger partial charge in [0.05, 0.1) is 42.2 Å². The van der Waals surface area contributed by atoms with Gasteiger partial charge in [-0.05, 0) is 13.0 Å². The molecule has 0 unspecified atom stereocenters. The van der Waals surface area contributed by atoms with Gasteiger partial charge in [-0.1, -0.05) is 32.1 Å². The van der Waals surface area contributed by atoms with Crippen LogP contribution >= 0.6 is 11.3 Å². The Morgan fingerprint density at radius 2 is 1.81 bits per heavy atom. The average molecular weight is 437 g/mol. The molecular formula is C21H24N8OS. The number of carbonyl (C=O) groups excluding carboxylic acids is 1. The molecule has 160 valence electrons. The van der Waals surface area contributed by atoms with Crippen LogP contribution in [0.25, 0.3) is 11.0 Å². The van der Waals surface area contributed by atoms with Crippen molar-refractivity contribution < 1.29 is 4.79 Å². The zero-order valence-electron chi connectivity index (χ0n) is 18.0. The predicted octanol–water partition coefficient (Wildman–Crippen LogP) is 3.75. The Kier molecular flexibility index (Phi) is 5.40. The molecule has 1 atom stereocenters. The Bertz CT molecular complexity index is 1220. The smallest absolute Gasteiger partial charge is 0.270 e. The number of rotatable bonds is 5. The first-order valence-electron chi connectivity index (χ1n) is 9.84. The van der Waals surface area contributed by atoms with Gasteiger partial charge in [-0.15, -0.1) is 0 Å². The second-order valence-electron chi connectivity index (χ2n) is 8.35. The maximum atomic E-state index is 12.7. The molecule has 31 heavy (non-hydrogen) atoms. The molecule has 0 saturated heterocycles. The molecule has 0 spiro atoms. The average Bonchev–Trinajstić information content (AvgIpc) is 3.34. The molecule has 0 radical (unpaired) electrons. The van der Waals surface area contributed by atoms with E-state index in [9.17, 15) is 4.79 Å². The predicted molar refractivity (Wildman–Crippen MR) is 121 cm³/mol. The lowest BCUT2D eigenvalue weighted by Gasteiger charge is -2.16. The number of nitrogens with one attached hydrogen (secondary N) is 2. The number of aromatic nitrogens is 6. The van der Waals surface area contributed by atoms with E-state index < -0.39 is 0 Å². The van der Waals surface area contributed by atoms with Crippen molar-refractivity contribution in [1.29, 1.82) is 0 Å². The third kappa shape index (κ3) is 4.53. The fraction of sp³-hybridized carbons (Fsp3) is 0.333. The number of aryl methyl sites for hydroxylation is 1. The van der Waals surface area contributed by atoms with Crippen molar-refractivity contribution in [3.05, 3.63) is 53.6 Å². The molecule has 1 amide bonds. The van der Waals surface area contributed by atoms with Crippen molar-refractivity contribution in [2.45, 2.75) is 39.2 Å². The Morgan fingerprint density at radius 3 is 2.52 bits per heavy atom. The summed E-state index contributed by atoms with van der Waals surface area (Å²) < 4.78 is 1.86. The molecule has 4 heterocycles. The molecule has 0 fully saturated rings. The number of anilines is 2.